The number of aryl methyl sites for hydroxylation is 2. The molecular weight excluding hydrogens is 358 g/mol. The van der Waals surface area contributed by atoms with Crippen molar-refractivity contribution in [2.24, 2.45) is 0 Å². The van der Waals surface area contributed by atoms with Crippen LogP contribution in [0.3, 0.4) is 0 Å². The number of Topliss-reactive ketones (excluding diaryl/α,β-unsaturated/α-hetero) is 1. The van der Waals surface area contributed by atoms with Crippen molar-refractivity contribution in [3.63, 3.8) is 0 Å². The van der Waals surface area contributed by atoms with E-state index in [0.717, 1.165) is 19.3 Å². The third-order valence-electron chi connectivity index (χ3n) is 4.79. The standard InChI is InChI=1S/C22H23NO5/c1-14(21(25)17-10-9-15-5-3-6-16(15)11-17)28-20(24)13-23-22(26)18-7-4-8-19(12-18)27-2/h4,7-12,14H,3,5-6,13H2,1-2H3,(H,23,26)/t14-/m1/s1. The summed E-state index contributed by atoms with van der Waals surface area (Å²) in [4.78, 5) is 36.7. The molecular formula is C22H23NO5. The third-order valence-corrected chi connectivity index (χ3v) is 4.79. The Balaban J connectivity index is 1.52. The van der Waals surface area contributed by atoms with Crippen molar-refractivity contribution in [2.75, 3.05) is 13.7 Å². The van der Waals surface area contributed by atoms with Gasteiger partial charge >= 0.3 is 5.97 Å². The summed E-state index contributed by atoms with van der Waals surface area (Å²) < 4.78 is 10.3. The van der Waals surface area contributed by atoms with Gasteiger partial charge in [0.25, 0.3) is 5.91 Å². The van der Waals surface area contributed by atoms with Gasteiger partial charge in [0.05, 0.1) is 7.11 Å². The molecule has 0 bridgehead atoms. The Hall–Kier alpha value is -3.15. The Morgan fingerprint density at radius 1 is 1.04 bits per heavy atom. The van der Waals surface area contributed by atoms with E-state index in [9.17, 15) is 14.4 Å². The van der Waals surface area contributed by atoms with Gasteiger partial charge in [-0.2, -0.15) is 0 Å². The molecule has 6 nitrogen and oxygen atoms in total. The van der Waals surface area contributed by atoms with Crippen LogP contribution in [0.2, 0.25) is 0 Å². The lowest BCUT2D eigenvalue weighted by atomic mass is 10.0. The van der Waals surface area contributed by atoms with Crippen LogP contribution < -0.4 is 10.1 Å². The number of carbonyl (C=O) groups is 3. The molecule has 28 heavy (non-hydrogen) atoms. The van der Waals surface area contributed by atoms with Crippen molar-refractivity contribution in [2.45, 2.75) is 32.3 Å². The molecule has 0 saturated carbocycles. The lowest BCUT2D eigenvalue weighted by Crippen LogP contribution is -2.34. The van der Waals surface area contributed by atoms with E-state index in [2.05, 4.69) is 5.32 Å². The highest BCUT2D eigenvalue weighted by molar-refractivity contribution is 6.01. The largest absolute Gasteiger partial charge is 0.497 e. The van der Waals surface area contributed by atoms with Gasteiger partial charge < -0.3 is 14.8 Å². The first-order valence-electron chi connectivity index (χ1n) is 9.25. The second-order valence-electron chi connectivity index (χ2n) is 6.75. The number of hydrogen-bond donors (Lipinski definition) is 1. The van der Waals surface area contributed by atoms with E-state index in [1.165, 1.54) is 25.2 Å². The van der Waals surface area contributed by atoms with E-state index in [4.69, 9.17) is 9.47 Å². The fourth-order valence-electron chi connectivity index (χ4n) is 3.27. The molecule has 1 amide bonds. The maximum atomic E-state index is 12.5. The number of hydrogen-bond acceptors (Lipinski definition) is 5. The molecule has 1 atom stereocenters. The van der Waals surface area contributed by atoms with Crippen LogP contribution in [0.25, 0.3) is 0 Å². The number of methoxy groups -OCH3 is 1. The molecule has 0 radical (unpaired) electrons. The van der Waals surface area contributed by atoms with Gasteiger partial charge in [-0.05, 0) is 61.6 Å². The highest BCUT2D eigenvalue weighted by Crippen LogP contribution is 2.23. The predicted molar refractivity (Wildman–Crippen MR) is 104 cm³/mol. The van der Waals surface area contributed by atoms with Crippen molar-refractivity contribution in [1.29, 1.82) is 0 Å². The molecule has 6 heteroatoms. The Labute approximate surface area is 163 Å². The molecule has 1 aliphatic carbocycles. The van der Waals surface area contributed by atoms with Crippen molar-refractivity contribution in [1.82, 2.24) is 5.32 Å². The van der Waals surface area contributed by atoms with Gasteiger partial charge in [0.15, 0.2) is 6.10 Å². The number of amides is 1. The molecule has 0 saturated heterocycles. The van der Waals surface area contributed by atoms with Gasteiger partial charge in [-0.3, -0.25) is 14.4 Å². The van der Waals surface area contributed by atoms with Crippen molar-refractivity contribution in [3.8, 4) is 5.75 Å². The summed E-state index contributed by atoms with van der Waals surface area (Å²) in [6, 6.07) is 12.2. The summed E-state index contributed by atoms with van der Waals surface area (Å²) in [7, 11) is 1.51. The SMILES string of the molecule is COc1cccc(C(=O)NCC(=O)O[C@H](C)C(=O)c2ccc3c(c2)CCC3)c1. The van der Waals surface area contributed by atoms with E-state index < -0.39 is 18.0 Å². The number of ketones is 1. The number of benzene rings is 2. The monoisotopic (exact) mass is 381 g/mol. The number of rotatable bonds is 7. The zero-order valence-corrected chi connectivity index (χ0v) is 16.0. The summed E-state index contributed by atoms with van der Waals surface area (Å²) in [5.41, 5.74) is 3.38. The van der Waals surface area contributed by atoms with Gasteiger partial charge in [-0.15, -0.1) is 0 Å². The van der Waals surface area contributed by atoms with Crippen molar-refractivity contribution >= 4 is 17.7 Å². The summed E-state index contributed by atoms with van der Waals surface area (Å²) in [6.07, 6.45) is 2.20. The lowest BCUT2D eigenvalue weighted by molar-refractivity contribution is -0.145. The van der Waals surface area contributed by atoms with Crippen LogP contribution in [0.15, 0.2) is 42.5 Å². The summed E-state index contributed by atoms with van der Waals surface area (Å²) in [6.45, 7) is 1.22. The summed E-state index contributed by atoms with van der Waals surface area (Å²) in [5.74, 6) is -0.794. The summed E-state index contributed by atoms with van der Waals surface area (Å²) >= 11 is 0. The number of ether oxygens (including phenoxy) is 2. The normalized spacial score (nSPS) is 13.4. The first-order chi connectivity index (χ1) is 13.5. The van der Waals surface area contributed by atoms with Gasteiger partial charge in [0.2, 0.25) is 5.78 Å². The van der Waals surface area contributed by atoms with Gasteiger partial charge in [-0.25, -0.2) is 0 Å². The molecule has 2 aromatic rings. The minimum atomic E-state index is -0.916. The van der Waals surface area contributed by atoms with Crippen LogP contribution >= 0.6 is 0 Å². The minimum absolute atomic E-state index is 0.248. The van der Waals surface area contributed by atoms with E-state index >= 15 is 0 Å². The number of nitrogens with one attached hydrogen (secondary N) is 1. The molecule has 1 N–H and O–H groups in total. The molecule has 2 aromatic carbocycles. The highest BCUT2D eigenvalue weighted by atomic mass is 16.5. The Morgan fingerprint density at radius 2 is 1.82 bits per heavy atom. The highest BCUT2D eigenvalue weighted by Gasteiger charge is 2.22. The number of carbonyl (C=O) groups excluding carboxylic acids is 3. The van der Waals surface area contributed by atoms with Crippen LogP contribution in [0, 0.1) is 0 Å². The average molecular weight is 381 g/mol. The van der Waals surface area contributed by atoms with E-state index in [-0.39, 0.29) is 12.3 Å². The van der Waals surface area contributed by atoms with Crippen LogP contribution in [0.5, 0.6) is 5.75 Å². The minimum Gasteiger partial charge on any atom is -0.497 e. The zero-order chi connectivity index (χ0) is 20.1. The molecule has 0 aliphatic heterocycles. The van der Waals surface area contributed by atoms with E-state index in [1.54, 1.807) is 30.3 Å². The average Bonchev–Trinajstić information content (AvgIpc) is 3.19. The fourth-order valence-corrected chi connectivity index (χ4v) is 3.27. The van der Waals surface area contributed by atoms with E-state index in [0.29, 0.717) is 16.9 Å². The van der Waals surface area contributed by atoms with Crippen LogP contribution in [-0.2, 0) is 22.4 Å². The Kier molecular flexibility index (Phi) is 6.09. The van der Waals surface area contributed by atoms with Crippen LogP contribution in [0.4, 0.5) is 0 Å². The molecule has 0 heterocycles. The quantitative estimate of drug-likeness (QED) is 0.589. The third kappa shape index (κ3) is 4.57. The molecule has 0 fully saturated rings. The van der Waals surface area contributed by atoms with Gasteiger partial charge in [-0.1, -0.05) is 18.2 Å². The molecule has 0 unspecified atom stereocenters. The van der Waals surface area contributed by atoms with Gasteiger partial charge in [0, 0.05) is 11.1 Å². The number of esters is 1. The fraction of sp³-hybridized carbons (Fsp3) is 0.318. The second kappa shape index (κ2) is 8.69. The van der Waals surface area contributed by atoms with Crippen molar-refractivity contribution < 1.29 is 23.9 Å². The Morgan fingerprint density at radius 3 is 2.61 bits per heavy atom. The maximum absolute atomic E-state index is 12.5. The topological polar surface area (TPSA) is 81.7 Å². The molecule has 3 rings (SSSR count). The lowest BCUT2D eigenvalue weighted by Gasteiger charge is -2.13. The van der Waals surface area contributed by atoms with Crippen LogP contribution in [0.1, 0.15) is 45.2 Å². The van der Waals surface area contributed by atoms with E-state index in [1.807, 2.05) is 12.1 Å². The zero-order valence-electron chi connectivity index (χ0n) is 16.0. The first kappa shape index (κ1) is 19.6. The summed E-state index contributed by atoms with van der Waals surface area (Å²) in [5, 5.41) is 2.49. The molecule has 146 valence electrons. The maximum Gasteiger partial charge on any atom is 0.326 e. The first-order valence-corrected chi connectivity index (χ1v) is 9.25. The molecule has 0 spiro atoms. The second-order valence-corrected chi connectivity index (χ2v) is 6.75. The van der Waals surface area contributed by atoms with Crippen molar-refractivity contribution in [3.05, 3.63) is 64.7 Å². The van der Waals surface area contributed by atoms with Gasteiger partial charge in [0.1, 0.15) is 12.3 Å². The predicted octanol–water partition coefficient (Wildman–Crippen LogP) is 2.73. The molecule has 0 aromatic heterocycles. The molecule has 1 aliphatic rings. The number of fused-ring (bicyclic) bond motifs is 1. The Bertz CT molecular complexity index is 906. The van der Waals surface area contributed by atoms with Crippen LogP contribution in [-0.4, -0.2) is 37.4 Å². The smallest absolute Gasteiger partial charge is 0.326 e.